The summed E-state index contributed by atoms with van der Waals surface area (Å²) in [6.45, 7) is 0. The molecule has 228 valence electrons. The molecule has 0 unspecified atom stereocenters. The van der Waals surface area contributed by atoms with E-state index in [1.54, 1.807) is 0 Å². The molecule has 0 aliphatic heterocycles. The van der Waals surface area contributed by atoms with Crippen molar-refractivity contribution in [2.45, 2.75) is 0 Å². The number of benzene rings is 8. The fourth-order valence-corrected chi connectivity index (χ4v) is 7.23. The van der Waals surface area contributed by atoms with Gasteiger partial charge in [0.25, 0.3) is 0 Å². The largest absolute Gasteiger partial charge is 0.456 e. The first-order chi connectivity index (χ1) is 24.3. The minimum absolute atomic E-state index is 0.594. The molecule has 0 aliphatic rings. The van der Waals surface area contributed by atoms with Crippen molar-refractivity contribution in [3.8, 4) is 45.3 Å². The normalized spacial score (nSPS) is 11.7. The number of fused-ring (bicyclic) bond motifs is 7. The van der Waals surface area contributed by atoms with Crippen LogP contribution in [0.1, 0.15) is 0 Å². The summed E-state index contributed by atoms with van der Waals surface area (Å²) < 4.78 is 6.65. The van der Waals surface area contributed by atoms with Crippen molar-refractivity contribution in [3.63, 3.8) is 0 Å². The quantitative estimate of drug-likeness (QED) is 0.183. The molecule has 2 aromatic heterocycles. The minimum atomic E-state index is 0.594. The Morgan fingerprint density at radius 1 is 0.347 bits per heavy atom. The van der Waals surface area contributed by atoms with Crippen LogP contribution >= 0.6 is 0 Å². The lowest BCUT2D eigenvalue weighted by atomic mass is 9.93. The van der Waals surface area contributed by atoms with Crippen LogP contribution in [0.4, 0.5) is 0 Å². The molecule has 4 nitrogen and oxygen atoms in total. The van der Waals surface area contributed by atoms with Gasteiger partial charge in [0.05, 0.1) is 0 Å². The highest BCUT2D eigenvalue weighted by molar-refractivity contribution is 6.21. The van der Waals surface area contributed by atoms with Gasteiger partial charge in [-0.3, -0.25) is 0 Å². The first kappa shape index (κ1) is 27.5. The molecule has 0 saturated carbocycles. The van der Waals surface area contributed by atoms with E-state index >= 15 is 0 Å². The highest BCUT2D eigenvalue weighted by atomic mass is 16.3. The van der Waals surface area contributed by atoms with E-state index in [1.165, 1.54) is 21.7 Å². The third kappa shape index (κ3) is 4.49. The first-order valence-electron chi connectivity index (χ1n) is 16.4. The Bertz CT molecular complexity index is 2880. The zero-order valence-corrected chi connectivity index (χ0v) is 26.3. The van der Waals surface area contributed by atoms with Crippen LogP contribution in [0.15, 0.2) is 168 Å². The number of furan rings is 1. The van der Waals surface area contributed by atoms with E-state index in [4.69, 9.17) is 19.4 Å². The molecule has 2 heterocycles. The monoisotopic (exact) mass is 625 g/mol. The van der Waals surface area contributed by atoms with Crippen LogP contribution in [-0.4, -0.2) is 15.0 Å². The number of hydrogen-bond donors (Lipinski definition) is 0. The average Bonchev–Trinajstić information content (AvgIpc) is 3.54. The van der Waals surface area contributed by atoms with E-state index in [0.29, 0.717) is 17.5 Å². The molecule has 0 fully saturated rings. The minimum Gasteiger partial charge on any atom is -0.456 e. The van der Waals surface area contributed by atoms with Gasteiger partial charge in [0, 0.05) is 33.0 Å². The van der Waals surface area contributed by atoms with Crippen LogP contribution in [0, 0.1) is 0 Å². The van der Waals surface area contributed by atoms with Crippen LogP contribution in [0.5, 0.6) is 0 Å². The van der Waals surface area contributed by atoms with Crippen molar-refractivity contribution in [2.75, 3.05) is 0 Å². The summed E-state index contributed by atoms with van der Waals surface area (Å²) in [5.41, 5.74) is 6.75. The smallest absolute Gasteiger partial charge is 0.164 e. The van der Waals surface area contributed by atoms with Gasteiger partial charge in [-0.15, -0.1) is 0 Å². The highest BCUT2D eigenvalue weighted by Gasteiger charge is 2.19. The van der Waals surface area contributed by atoms with Crippen molar-refractivity contribution in [2.24, 2.45) is 0 Å². The van der Waals surface area contributed by atoms with Crippen LogP contribution in [-0.2, 0) is 0 Å². The SMILES string of the molecule is c1ccc(-c2nc(-c3ccc4c(c3)oc3cc5ccccc5c(-c5ccccc5)c34)nc(-c3cc4ccccc4c4ccccc34)n2)cc1. The number of rotatable bonds is 4. The van der Waals surface area contributed by atoms with Gasteiger partial charge in [-0.1, -0.05) is 140 Å². The lowest BCUT2D eigenvalue weighted by Crippen LogP contribution is -2.00. The van der Waals surface area contributed by atoms with Crippen LogP contribution < -0.4 is 0 Å². The fraction of sp³-hybridized carbons (Fsp3) is 0. The van der Waals surface area contributed by atoms with Gasteiger partial charge >= 0.3 is 0 Å². The Morgan fingerprint density at radius 3 is 1.67 bits per heavy atom. The van der Waals surface area contributed by atoms with E-state index in [1.807, 2.05) is 30.3 Å². The summed E-state index contributed by atoms with van der Waals surface area (Å²) in [7, 11) is 0. The summed E-state index contributed by atoms with van der Waals surface area (Å²) in [6.07, 6.45) is 0. The Hall–Kier alpha value is -6.65. The zero-order chi connectivity index (χ0) is 32.3. The van der Waals surface area contributed by atoms with Gasteiger partial charge in [0.15, 0.2) is 17.5 Å². The van der Waals surface area contributed by atoms with Gasteiger partial charge in [0.1, 0.15) is 11.2 Å². The Kier molecular flexibility index (Phi) is 6.15. The number of aromatic nitrogens is 3. The van der Waals surface area contributed by atoms with Gasteiger partial charge < -0.3 is 4.42 Å². The van der Waals surface area contributed by atoms with E-state index < -0.39 is 0 Å². The maximum atomic E-state index is 6.65. The summed E-state index contributed by atoms with van der Waals surface area (Å²) in [5, 5.41) is 9.13. The predicted octanol–water partition coefficient (Wildman–Crippen LogP) is 11.9. The molecule has 10 aromatic rings. The second-order valence-electron chi connectivity index (χ2n) is 12.4. The molecule has 0 aliphatic carbocycles. The van der Waals surface area contributed by atoms with Crippen molar-refractivity contribution < 1.29 is 4.42 Å². The summed E-state index contributed by atoms with van der Waals surface area (Å²) >= 11 is 0. The average molecular weight is 626 g/mol. The van der Waals surface area contributed by atoms with E-state index in [2.05, 4.69) is 133 Å². The molecule has 0 radical (unpaired) electrons. The van der Waals surface area contributed by atoms with E-state index in [-0.39, 0.29) is 0 Å². The topological polar surface area (TPSA) is 51.8 Å². The molecular weight excluding hydrogens is 599 g/mol. The van der Waals surface area contributed by atoms with Crippen LogP contribution in [0.25, 0.3) is 99.5 Å². The van der Waals surface area contributed by atoms with Gasteiger partial charge in [0.2, 0.25) is 0 Å². The summed E-state index contributed by atoms with van der Waals surface area (Å²) in [5.74, 6) is 1.85. The van der Waals surface area contributed by atoms with Crippen LogP contribution in [0.3, 0.4) is 0 Å². The highest BCUT2D eigenvalue weighted by Crippen LogP contribution is 2.43. The zero-order valence-electron chi connectivity index (χ0n) is 26.3. The molecule has 0 saturated heterocycles. The van der Waals surface area contributed by atoms with Crippen molar-refractivity contribution >= 4 is 54.3 Å². The second-order valence-corrected chi connectivity index (χ2v) is 12.4. The standard InChI is InChI=1S/C45H27N3O/c1-3-13-28(14-4-1)41-34-20-10-8-18-31(34)26-40-42(41)37-24-23-32(27-39(37)49-40)44-46-43(29-15-5-2-6-16-29)47-45(48-44)38-25-30-17-7-9-19-33(30)35-21-11-12-22-36(35)38/h1-27H. The second kappa shape index (κ2) is 11.0. The molecule has 0 spiro atoms. The third-order valence-electron chi connectivity index (χ3n) is 9.48. The predicted molar refractivity (Wildman–Crippen MR) is 201 cm³/mol. The molecule has 10 rings (SSSR count). The number of hydrogen-bond acceptors (Lipinski definition) is 4. The van der Waals surface area contributed by atoms with Crippen molar-refractivity contribution in [1.29, 1.82) is 0 Å². The van der Waals surface area contributed by atoms with Crippen molar-refractivity contribution in [1.82, 2.24) is 15.0 Å². The maximum absolute atomic E-state index is 6.65. The lowest BCUT2D eigenvalue weighted by Gasteiger charge is -2.12. The molecule has 0 atom stereocenters. The third-order valence-corrected chi connectivity index (χ3v) is 9.48. The Labute approximate surface area is 282 Å². The summed E-state index contributed by atoms with van der Waals surface area (Å²) in [4.78, 5) is 15.3. The van der Waals surface area contributed by atoms with Crippen molar-refractivity contribution in [3.05, 3.63) is 164 Å². The maximum Gasteiger partial charge on any atom is 0.164 e. The van der Waals surface area contributed by atoms with E-state index in [0.717, 1.165) is 60.4 Å². The fourth-order valence-electron chi connectivity index (χ4n) is 7.23. The first-order valence-corrected chi connectivity index (χ1v) is 16.4. The van der Waals surface area contributed by atoms with Gasteiger partial charge in [-0.2, -0.15) is 0 Å². The molecule has 0 bridgehead atoms. The lowest BCUT2D eigenvalue weighted by molar-refractivity contribution is 0.669. The number of nitrogens with zero attached hydrogens (tertiary/aromatic N) is 3. The summed E-state index contributed by atoms with van der Waals surface area (Å²) in [6, 6.07) is 56.8. The Balaban J connectivity index is 1.22. The van der Waals surface area contributed by atoms with Gasteiger partial charge in [-0.25, -0.2) is 15.0 Å². The van der Waals surface area contributed by atoms with E-state index in [9.17, 15) is 0 Å². The molecule has 0 N–H and O–H groups in total. The molecule has 0 amide bonds. The molecular formula is C45H27N3O. The Morgan fingerprint density at radius 2 is 0.918 bits per heavy atom. The molecule has 8 aromatic carbocycles. The van der Waals surface area contributed by atoms with Crippen LogP contribution in [0.2, 0.25) is 0 Å². The van der Waals surface area contributed by atoms with Gasteiger partial charge in [-0.05, 0) is 62.1 Å². The molecule has 4 heteroatoms. The molecule has 49 heavy (non-hydrogen) atoms.